The second kappa shape index (κ2) is 6.21. The molecule has 0 fully saturated rings. The van der Waals surface area contributed by atoms with Crippen LogP contribution < -0.4 is 5.32 Å². The van der Waals surface area contributed by atoms with Crippen molar-refractivity contribution in [1.82, 2.24) is 5.32 Å². The van der Waals surface area contributed by atoms with Gasteiger partial charge in [-0.25, -0.2) is 0 Å². The minimum atomic E-state index is -0.750. The molecule has 0 aliphatic heterocycles. The first-order chi connectivity index (χ1) is 8.83. The van der Waals surface area contributed by atoms with Crippen molar-refractivity contribution in [3.05, 3.63) is 39.4 Å². The number of carbonyl (C=O) groups excluding carboxylic acids is 1. The average Bonchev–Trinajstić information content (AvgIpc) is 2.38. The maximum Gasteiger partial charge on any atom is 0.273 e. The van der Waals surface area contributed by atoms with E-state index in [2.05, 4.69) is 5.32 Å². The Kier molecular flexibility index (Phi) is 5.14. The smallest absolute Gasteiger partial charge is 0.273 e. The number of halogens is 2. The highest BCUT2D eigenvalue weighted by molar-refractivity contribution is 6.22. The summed E-state index contributed by atoms with van der Waals surface area (Å²) in [5.74, 6) is -0.140. The molecule has 0 aliphatic rings. The number of nitro groups is 1. The van der Waals surface area contributed by atoms with Crippen LogP contribution in [0, 0.1) is 17.0 Å². The van der Waals surface area contributed by atoms with Crippen molar-refractivity contribution < 1.29 is 9.72 Å². The normalized spacial score (nSPS) is 11.2. The molecule has 1 aromatic carbocycles. The van der Waals surface area contributed by atoms with E-state index in [1.807, 2.05) is 0 Å². The third kappa shape index (κ3) is 3.81. The van der Waals surface area contributed by atoms with Crippen LogP contribution >= 0.6 is 23.2 Å². The van der Waals surface area contributed by atoms with E-state index in [1.54, 1.807) is 13.8 Å². The van der Waals surface area contributed by atoms with Crippen LogP contribution in [0.5, 0.6) is 0 Å². The molecule has 19 heavy (non-hydrogen) atoms. The third-order valence-corrected chi connectivity index (χ3v) is 3.85. The van der Waals surface area contributed by atoms with E-state index in [4.69, 9.17) is 23.2 Å². The number of amides is 1. The molecule has 1 amide bonds. The molecule has 0 radical (unpaired) electrons. The number of nitrogens with one attached hydrogen (secondary N) is 1. The van der Waals surface area contributed by atoms with Gasteiger partial charge in [0.2, 0.25) is 0 Å². The van der Waals surface area contributed by atoms with E-state index in [-0.39, 0.29) is 23.0 Å². The fraction of sp³-hybridized carbons (Fsp3) is 0.417. The molecule has 0 bridgehead atoms. The van der Waals surface area contributed by atoms with Gasteiger partial charge in [-0.3, -0.25) is 14.9 Å². The van der Waals surface area contributed by atoms with Gasteiger partial charge in [-0.1, -0.05) is 6.07 Å². The van der Waals surface area contributed by atoms with Gasteiger partial charge < -0.3 is 5.32 Å². The van der Waals surface area contributed by atoms with E-state index >= 15 is 0 Å². The first kappa shape index (κ1) is 15.7. The summed E-state index contributed by atoms with van der Waals surface area (Å²) in [6, 6.07) is 4.31. The lowest BCUT2D eigenvalue weighted by atomic mass is 10.1. The van der Waals surface area contributed by atoms with Crippen molar-refractivity contribution in [1.29, 1.82) is 0 Å². The highest BCUT2D eigenvalue weighted by Gasteiger charge is 2.25. The largest absolute Gasteiger partial charge is 0.344 e. The minimum absolute atomic E-state index is 0.0916. The number of nitrogens with zero attached hydrogens (tertiary/aromatic N) is 1. The summed E-state index contributed by atoms with van der Waals surface area (Å²) in [6.07, 6.45) is 0. The van der Waals surface area contributed by atoms with Gasteiger partial charge in [-0.15, -0.1) is 23.2 Å². The van der Waals surface area contributed by atoms with Gasteiger partial charge in [0, 0.05) is 29.0 Å². The quantitative estimate of drug-likeness (QED) is 0.516. The predicted octanol–water partition coefficient (Wildman–Crippen LogP) is 2.87. The molecule has 0 aromatic heterocycles. The highest BCUT2D eigenvalue weighted by atomic mass is 35.5. The van der Waals surface area contributed by atoms with Crippen LogP contribution in [0.2, 0.25) is 0 Å². The van der Waals surface area contributed by atoms with Crippen molar-refractivity contribution in [2.45, 2.75) is 19.4 Å². The van der Waals surface area contributed by atoms with Crippen LogP contribution in [0.25, 0.3) is 0 Å². The maximum atomic E-state index is 12.0. The Morgan fingerprint density at radius 2 is 2.00 bits per heavy atom. The molecule has 0 heterocycles. The van der Waals surface area contributed by atoms with Crippen LogP contribution in [0.15, 0.2) is 18.2 Å². The van der Waals surface area contributed by atoms with Crippen LogP contribution in [-0.4, -0.2) is 28.1 Å². The molecule has 1 aromatic rings. The van der Waals surface area contributed by atoms with Crippen LogP contribution in [0.1, 0.15) is 22.8 Å². The molecule has 5 nitrogen and oxygen atoms in total. The van der Waals surface area contributed by atoms with E-state index < -0.39 is 16.4 Å². The monoisotopic (exact) mass is 304 g/mol. The third-order valence-electron chi connectivity index (χ3n) is 2.67. The SMILES string of the molecule is Cc1ccc(C(=O)NC(C)(CCl)CCl)cc1[N+](=O)[O-]. The van der Waals surface area contributed by atoms with Crippen LogP contribution in [0.3, 0.4) is 0 Å². The average molecular weight is 305 g/mol. The molecule has 0 spiro atoms. The molecule has 1 N–H and O–H groups in total. The predicted molar refractivity (Wildman–Crippen MR) is 75.1 cm³/mol. The molecular weight excluding hydrogens is 291 g/mol. The van der Waals surface area contributed by atoms with Crippen molar-refractivity contribution in [3.63, 3.8) is 0 Å². The second-order valence-electron chi connectivity index (χ2n) is 4.54. The zero-order valence-corrected chi connectivity index (χ0v) is 12.1. The van der Waals surface area contributed by atoms with Crippen molar-refractivity contribution in [3.8, 4) is 0 Å². The van der Waals surface area contributed by atoms with Gasteiger partial charge in [0.15, 0.2) is 0 Å². The summed E-state index contributed by atoms with van der Waals surface area (Å²) >= 11 is 11.5. The van der Waals surface area contributed by atoms with Crippen molar-refractivity contribution in [2.75, 3.05) is 11.8 Å². The van der Waals surface area contributed by atoms with Gasteiger partial charge in [-0.05, 0) is 19.9 Å². The van der Waals surface area contributed by atoms with Gasteiger partial charge in [-0.2, -0.15) is 0 Å². The highest BCUT2D eigenvalue weighted by Crippen LogP contribution is 2.20. The Hall–Kier alpha value is -1.33. The summed E-state index contributed by atoms with van der Waals surface area (Å²) in [4.78, 5) is 22.3. The lowest BCUT2D eigenvalue weighted by Crippen LogP contribution is -2.49. The topological polar surface area (TPSA) is 72.2 Å². The lowest BCUT2D eigenvalue weighted by molar-refractivity contribution is -0.385. The first-order valence-corrected chi connectivity index (χ1v) is 6.59. The number of nitro benzene ring substituents is 1. The van der Waals surface area contributed by atoms with Crippen molar-refractivity contribution in [2.24, 2.45) is 0 Å². The molecular formula is C12H14Cl2N2O3. The molecule has 0 unspecified atom stereocenters. The van der Waals surface area contributed by atoms with Gasteiger partial charge in [0.25, 0.3) is 11.6 Å². The molecule has 0 saturated carbocycles. The summed E-state index contributed by atoms with van der Waals surface area (Å²) in [5, 5.41) is 13.5. The maximum absolute atomic E-state index is 12.0. The molecule has 104 valence electrons. The van der Waals surface area contributed by atoms with Crippen molar-refractivity contribution >= 4 is 34.8 Å². The zero-order valence-electron chi connectivity index (χ0n) is 10.6. The number of hydrogen-bond donors (Lipinski definition) is 1. The summed E-state index contributed by atoms with van der Waals surface area (Å²) in [7, 11) is 0. The molecule has 1 rings (SSSR count). The van der Waals surface area contributed by atoms with E-state index in [0.717, 1.165) is 0 Å². The number of hydrogen-bond acceptors (Lipinski definition) is 3. The first-order valence-electron chi connectivity index (χ1n) is 5.52. The second-order valence-corrected chi connectivity index (χ2v) is 5.07. The Morgan fingerprint density at radius 1 is 1.42 bits per heavy atom. The minimum Gasteiger partial charge on any atom is -0.344 e. The lowest BCUT2D eigenvalue weighted by Gasteiger charge is -2.25. The Bertz CT molecular complexity index is 502. The van der Waals surface area contributed by atoms with Gasteiger partial charge in [0.05, 0.1) is 10.5 Å². The van der Waals surface area contributed by atoms with Crippen LogP contribution in [-0.2, 0) is 0 Å². The van der Waals surface area contributed by atoms with Crippen LogP contribution in [0.4, 0.5) is 5.69 Å². The number of alkyl halides is 2. The summed E-state index contributed by atoms with van der Waals surface area (Å²) in [5.41, 5.74) is -0.135. The Morgan fingerprint density at radius 3 is 2.47 bits per heavy atom. The number of aryl methyl sites for hydroxylation is 1. The standard InChI is InChI=1S/C12H14Cl2N2O3/c1-8-3-4-9(5-10(8)16(18)19)11(17)15-12(2,6-13)7-14/h3-5H,6-7H2,1-2H3,(H,15,17). The van der Waals surface area contributed by atoms with Gasteiger partial charge >= 0.3 is 0 Å². The number of rotatable bonds is 5. The number of carbonyl (C=O) groups is 1. The number of benzene rings is 1. The van der Waals surface area contributed by atoms with Gasteiger partial charge in [0.1, 0.15) is 0 Å². The van der Waals surface area contributed by atoms with E-state index in [1.165, 1.54) is 18.2 Å². The summed E-state index contributed by atoms with van der Waals surface area (Å²) < 4.78 is 0. The Balaban J connectivity index is 3.01. The van der Waals surface area contributed by atoms with E-state index in [0.29, 0.717) is 5.56 Å². The Labute approximate surface area is 121 Å². The fourth-order valence-corrected chi connectivity index (χ4v) is 1.82. The fourth-order valence-electron chi connectivity index (χ4n) is 1.40. The molecule has 0 atom stereocenters. The molecule has 0 aliphatic carbocycles. The van der Waals surface area contributed by atoms with E-state index in [9.17, 15) is 14.9 Å². The molecule has 7 heteroatoms. The zero-order chi connectivity index (χ0) is 14.6. The summed E-state index contributed by atoms with van der Waals surface area (Å²) in [6.45, 7) is 3.31. The molecule has 0 saturated heterocycles.